The minimum atomic E-state index is -0.0245. The first-order chi connectivity index (χ1) is 64.3. The SMILES string of the molecule is N=C1C=CC=C/C1=N/Nc1ccc(N(c2ccccc2)c2ccc(-c3ccc(N(c4ccccc4)c4ccc(-n5nc6ccc(C7CC=Cc8nn(-c9ccc(-c%10ccc(N(c%11ccccc%11)c%11ccc(-c%12ccc(-c%13ccc(N(c%14ccccc%14)c%14ccc(-c%15ccc(-n%16nc%17ccccc%17n%16)cc%15)cc%14)cc%13)cc%12)cc%11)cc%10)cc9)nc87)cc6n5)cc4)cc3)cc2)cc1. The maximum atomic E-state index is 8.19. The molecule has 1 atom stereocenters. The fraction of sp³-hybridized carbons (Fsp3) is 0.0175. The first kappa shape index (κ1) is 78.2. The molecule has 0 fully saturated rings. The zero-order valence-corrected chi connectivity index (χ0v) is 70.5. The normalized spacial score (nSPS) is 13.1. The summed E-state index contributed by atoms with van der Waals surface area (Å²) < 4.78 is 0. The Labute approximate surface area is 752 Å². The highest BCUT2D eigenvalue weighted by Gasteiger charge is 2.27. The average molecular weight is 1680 g/mol. The second-order valence-corrected chi connectivity index (χ2v) is 32.1. The third kappa shape index (κ3) is 16.1. The maximum Gasteiger partial charge on any atom is 0.113 e. The molecule has 1 unspecified atom stereocenters. The Balaban J connectivity index is 0.447. The number of allylic oxidation sites excluding steroid dienone is 5. The zero-order valence-electron chi connectivity index (χ0n) is 70.5. The number of hydrazone groups is 1. The van der Waals surface area contributed by atoms with Crippen molar-refractivity contribution in [2.24, 2.45) is 5.10 Å². The van der Waals surface area contributed by atoms with Crippen molar-refractivity contribution in [3.63, 3.8) is 0 Å². The van der Waals surface area contributed by atoms with E-state index in [1.807, 2.05) is 66.8 Å². The molecule has 0 amide bonds. The summed E-state index contributed by atoms with van der Waals surface area (Å²) >= 11 is 0. The molecule has 2 N–H and O–H groups in total. The molecule has 0 saturated heterocycles. The topological polar surface area (TPSA) is 153 Å². The fourth-order valence-corrected chi connectivity index (χ4v) is 17.2. The van der Waals surface area contributed by atoms with Crippen molar-refractivity contribution in [3.05, 3.63) is 478 Å². The molecule has 2 aliphatic rings. The highest BCUT2D eigenvalue weighted by atomic mass is 15.5. The van der Waals surface area contributed by atoms with E-state index < -0.39 is 0 Å². The number of anilines is 13. The summed E-state index contributed by atoms with van der Waals surface area (Å²) in [7, 11) is 0. The lowest BCUT2D eigenvalue weighted by atomic mass is 9.88. The molecule has 130 heavy (non-hydrogen) atoms. The van der Waals surface area contributed by atoms with Crippen LogP contribution in [0.1, 0.15) is 29.3 Å². The van der Waals surface area contributed by atoms with Gasteiger partial charge in [-0.25, -0.2) is 0 Å². The lowest BCUT2D eigenvalue weighted by molar-refractivity contribution is 0.714. The molecule has 0 spiro atoms. The maximum absolute atomic E-state index is 8.19. The molecule has 3 heterocycles. The third-order valence-corrected chi connectivity index (χ3v) is 24.0. The van der Waals surface area contributed by atoms with E-state index in [9.17, 15) is 0 Å². The Kier molecular flexibility index (Phi) is 20.9. The Hall–Kier alpha value is -17.8. The van der Waals surface area contributed by atoms with Crippen molar-refractivity contribution < 1.29 is 0 Å². The van der Waals surface area contributed by atoms with Crippen molar-refractivity contribution in [1.29, 1.82) is 5.41 Å². The lowest BCUT2D eigenvalue weighted by Gasteiger charge is -2.26. The molecular weight excluding hydrogens is 1590 g/mol. The molecular formula is C114H82N16. The quantitative estimate of drug-likeness (QED) is 0.0465. The van der Waals surface area contributed by atoms with Crippen LogP contribution in [0.15, 0.2) is 466 Å². The second kappa shape index (κ2) is 34.7. The number of aromatic nitrogens is 9. The number of fused-ring (bicyclic) bond motifs is 3. The van der Waals surface area contributed by atoms with Crippen molar-refractivity contribution in [2.45, 2.75) is 12.3 Å². The molecule has 17 aromatic carbocycles. The van der Waals surface area contributed by atoms with E-state index in [2.05, 4.69) is 435 Å². The third-order valence-electron chi connectivity index (χ3n) is 24.0. The summed E-state index contributed by atoms with van der Waals surface area (Å²) in [6, 6.07) is 151. The van der Waals surface area contributed by atoms with Gasteiger partial charge in [0.25, 0.3) is 0 Å². The molecule has 0 radical (unpaired) electrons. The summed E-state index contributed by atoms with van der Waals surface area (Å²) in [5, 5.41) is 42.3. The number of nitrogens with one attached hydrogen (secondary N) is 2. The number of hydrogen-bond donors (Lipinski definition) is 2. The van der Waals surface area contributed by atoms with Gasteiger partial charge in [0.1, 0.15) is 33.5 Å². The smallest absolute Gasteiger partial charge is 0.113 e. The molecule has 16 heteroatoms. The van der Waals surface area contributed by atoms with Crippen LogP contribution in [0.25, 0.3) is 101 Å². The second-order valence-electron chi connectivity index (χ2n) is 32.1. The van der Waals surface area contributed by atoms with Gasteiger partial charge in [0, 0.05) is 74.2 Å². The monoisotopic (exact) mass is 1670 g/mol. The molecule has 0 bridgehead atoms. The van der Waals surface area contributed by atoms with Crippen LogP contribution >= 0.6 is 0 Å². The van der Waals surface area contributed by atoms with Crippen LogP contribution in [0.3, 0.4) is 0 Å². The van der Waals surface area contributed by atoms with Gasteiger partial charge >= 0.3 is 0 Å². The van der Waals surface area contributed by atoms with Crippen LogP contribution in [0.2, 0.25) is 0 Å². The van der Waals surface area contributed by atoms with E-state index in [1.54, 1.807) is 20.5 Å². The lowest BCUT2D eigenvalue weighted by Crippen LogP contribution is -2.12. The molecule has 20 aromatic rings. The van der Waals surface area contributed by atoms with Crippen molar-refractivity contribution >= 4 is 114 Å². The summed E-state index contributed by atoms with van der Waals surface area (Å²) in [5.74, 6) is -0.0245. The van der Waals surface area contributed by atoms with Crippen molar-refractivity contribution in [3.8, 4) is 72.7 Å². The van der Waals surface area contributed by atoms with Crippen LogP contribution in [0, 0.1) is 5.41 Å². The number of nitrogens with zero attached hydrogens (tertiary/aromatic N) is 14. The summed E-state index contributed by atoms with van der Waals surface area (Å²) in [5.41, 5.74) is 37.5. The van der Waals surface area contributed by atoms with E-state index in [4.69, 9.17) is 25.8 Å². The van der Waals surface area contributed by atoms with Crippen molar-refractivity contribution in [2.75, 3.05) is 25.0 Å². The van der Waals surface area contributed by atoms with Gasteiger partial charge in [-0.05, 0) is 304 Å². The molecule has 16 nitrogen and oxygen atoms in total. The van der Waals surface area contributed by atoms with E-state index in [1.165, 1.54) is 0 Å². The highest BCUT2D eigenvalue weighted by molar-refractivity contribution is 6.50. The number of para-hydroxylation sites is 4. The van der Waals surface area contributed by atoms with Gasteiger partial charge in [-0.1, -0.05) is 231 Å². The molecule has 0 aliphatic heterocycles. The summed E-state index contributed by atoms with van der Waals surface area (Å²) in [6.07, 6.45) is 12.3. The van der Waals surface area contributed by atoms with Crippen LogP contribution < -0.4 is 25.0 Å². The predicted molar refractivity (Wildman–Crippen MR) is 531 cm³/mol. The van der Waals surface area contributed by atoms with Gasteiger partial charge in [-0.15, -0.1) is 25.5 Å². The Morgan fingerprint density at radius 3 is 0.892 bits per heavy atom. The van der Waals surface area contributed by atoms with E-state index in [0.717, 1.165) is 192 Å². The van der Waals surface area contributed by atoms with Gasteiger partial charge in [0.2, 0.25) is 0 Å². The molecule has 22 rings (SSSR count). The minimum Gasteiger partial charge on any atom is -0.311 e. The minimum absolute atomic E-state index is 0.0245. The average Bonchev–Trinajstić information content (AvgIpc) is 1.62. The molecule has 618 valence electrons. The number of benzene rings is 17. The van der Waals surface area contributed by atoms with Crippen LogP contribution in [-0.2, 0) is 0 Å². The van der Waals surface area contributed by atoms with Gasteiger partial charge in [0.15, 0.2) is 0 Å². The largest absolute Gasteiger partial charge is 0.311 e. The van der Waals surface area contributed by atoms with E-state index >= 15 is 0 Å². The first-order valence-corrected chi connectivity index (χ1v) is 43.4. The number of hydrogen-bond acceptors (Lipinski definition) is 13. The summed E-state index contributed by atoms with van der Waals surface area (Å²) in [4.78, 5) is 14.3. The Morgan fingerprint density at radius 1 is 0.262 bits per heavy atom. The van der Waals surface area contributed by atoms with Gasteiger partial charge in [-0.2, -0.15) is 24.6 Å². The first-order valence-electron chi connectivity index (χ1n) is 43.4. The van der Waals surface area contributed by atoms with E-state index in [-0.39, 0.29) is 5.92 Å². The van der Waals surface area contributed by atoms with Crippen molar-refractivity contribution in [1.82, 2.24) is 45.0 Å². The van der Waals surface area contributed by atoms with Crippen LogP contribution in [0.4, 0.5) is 73.9 Å². The Morgan fingerprint density at radius 2 is 0.538 bits per heavy atom. The van der Waals surface area contributed by atoms with Crippen LogP contribution in [-0.4, -0.2) is 56.4 Å². The van der Waals surface area contributed by atoms with Crippen LogP contribution in [0.5, 0.6) is 0 Å². The molecule has 3 aromatic heterocycles. The predicted octanol–water partition coefficient (Wildman–Crippen LogP) is 28.4. The fourth-order valence-electron chi connectivity index (χ4n) is 17.2. The highest BCUT2D eigenvalue weighted by Crippen LogP contribution is 2.44. The van der Waals surface area contributed by atoms with E-state index in [0.29, 0.717) is 11.4 Å². The Bertz CT molecular complexity index is 7540. The zero-order chi connectivity index (χ0) is 86.6. The standard InChI is InChI=1S/C114H82N16/c115-107-27-13-14-28-108(107)117-116-90-53-71-101(72-54-90)126(93-22-9-3-10-23-93)99-63-40-83(41-64-99)84-42-65-100(66-43-84)127(94-24-11-4-12-25-94)102-73-75-105(76-74-102)129-120-111-77-52-89(78-113(111)122-129)106-26-17-31-112-114(106)123-130(121-112)104-69-50-88(51-70-104)86-46-61-98(62-47-86)125(92-20-7-2-8-21-92)96-57-38-82(39-58-96)80-34-32-79(33-35-80)81-36-55-95(56-37-81)124(91-18-5-1-6-19-91)97-59-44-85(45-60-97)87-48-67-103(68-49-87)128-118-109-29-15-16-30-110(109)119-128/h1-25,27-78,106,115-116H,26H2/b115-107?,117-108-. The molecule has 2 aliphatic carbocycles. The number of rotatable bonds is 23. The summed E-state index contributed by atoms with van der Waals surface area (Å²) in [6.45, 7) is 0. The molecule has 0 saturated carbocycles. The van der Waals surface area contributed by atoms with Gasteiger partial charge in [0.05, 0.1) is 34.2 Å². The van der Waals surface area contributed by atoms with Gasteiger partial charge in [-0.3, -0.25) is 10.8 Å². The van der Waals surface area contributed by atoms with Gasteiger partial charge < -0.3 is 19.6 Å².